The van der Waals surface area contributed by atoms with Gasteiger partial charge in [0.05, 0.1) is 0 Å². The van der Waals surface area contributed by atoms with Crippen molar-refractivity contribution in [2.45, 2.75) is 12.5 Å². The maximum atomic E-state index is 12.7. The van der Waals surface area contributed by atoms with Gasteiger partial charge in [-0.15, -0.1) is 0 Å². The van der Waals surface area contributed by atoms with Crippen molar-refractivity contribution in [1.82, 2.24) is 0 Å². The molecule has 0 bridgehead atoms. The number of ether oxygens (including phenoxy) is 1. The fraction of sp³-hybridized carbons (Fsp3) is 0.0870. The predicted molar refractivity (Wildman–Crippen MR) is 101 cm³/mol. The highest BCUT2D eigenvalue weighted by atomic mass is 16.5. The zero-order valence-electron chi connectivity index (χ0n) is 14.1. The van der Waals surface area contributed by atoms with Crippen LogP contribution >= 0.6 is 0 Å². The van der Waals surface area contributed by atoms with Crippen LogP contribution in [0.5, 0.6) is 11.5 Å². The Labute approximate surface area is 152 Å². The van der Waals surface area contributed by atoms with Crippen LogP contribution in [0, 0.1) is 0 Å². The van der Waals surface area contributed by atoms with Crippen LogP contribution in [-0.2, 0) is 6.42 Å². The Bertz CT molecular complexity index is 960. The molecule has 128 valence electrons. The zero-order valence-corrected chi connectivity index (χ0v) is 14.1. The van der Waals surface area contributed by atoms with E-state index in [-0.39, 0.29) is 17.6 Å². The van der Waals surface area contributed by atoms with E-state index in [1.165, 1.54) is 6.07 Å². The summed E-state index contributed by atoms with van der Waals surface area (Å²) in [6.07, 6.45) is 3.79. The molecular weight excluding hydrogens is 324 g/mol. The Morgan fingerprint density at radius 2 is 1.69 bits per heavy atom. The lowest BCUT2D eigenvalue weighted by molar-refractivity contribution is 0.104. The van der Waals surface area contributed by atoms with E-state index in [2.05, 4.69) is 0 Å². The molecule has 3 aromatic carbocycles. The monoisotopic (exact) mass is 342 g/mol. The fourth-order valence-electron chi connectivity index (χ4n) is 3.23. The summed E-state index contributed by atoms with van der Waals surface area (Å²) in [7, 11) is 0. The summed E-state index contributed by atoms with van der Waals surface area (Å²) >= 11 is 0. The van der Waals surface area contributed by atoms with Crippen molar-refractivity contribution in [3.8, 4) is 11.5 Å². The molecule has 0 aliphatic carbocycles. The van der Waals surface area contributed by atoms with Gasteiger partial charge in [-0.3, -0.25) is 4.79 Å². The van der Waals surface area contributed by atoms with E-state index in [0.29, 0.717) is 17.7 Å². The number of rotatable bonds is 4. The van der Waals surface area contributed by atoms with Crippen LogP contribution in [0.1, 0.15) is 33.2 Å². The number of phenolic OH excluding ortho intramolecular Hbond substituents is 1. The normalized spacial score (nSPS) is 15.6. The fourth-order valence-corrected chi connectivity index (χ4v) is 3.23. The Balaban J connectivity index is 1.63. The number of benzene rings is 3. The minimum Gasteiger partial charge on any atom is -0.508 e. The highest BCUT2D eigenvalue weighted by Crippen LogP contribution is 2.41. The first-order chi connectivity index (χ1) is 12.7. The lowest BCUT2D eigenvalue weighted by atomic mass is 9.96. The van der Waals surface area contributed by atoms with Gasteiger partial charge in [0.25, 0.3) is 0 Å². The number of hydrogen-bond acceptors (Lipinski definition) is 3. The maximum Gasteiger partial charge on any atom is 0.186 e. The average molecular weight is 342 g/mol. The molecule has 1 aliphatic heterocycles. The summed E-state index contributed by atoms with van der Waals surface area (Å²) in [4.78, 5) is 12.7. The van der Waals surface area contributed by atoms with Crippen LogP contribution in [0.4, 0.5) is 0 Å². The molecule has 1 aliphatic rings. The Hall–Kier alpha value is -3.33. The molecule has 0 fully saturated rings. The number of aromatic hydroxyl groups is 1. The lowest BCUT2D eigenvalue weighted by Crippen LogP contribution is -2.03. The summed E-state index contributed by atoms with van der Waals surface area (Å²) in [6, 6.07) is 22.7. The maximum absolute atomic E-state index is 12.7. The summed E-state index contributed by atoms with van der Waals surface area (Å²) in [5.74, 6) is 0.475. The summed E-state index contributed by atoms with van der Waals surface area (Å²) in [5.41, 5.74) is 3.35. The van der Waals surface area contributed by atoms with Crippen molar-refractivity contribution < 1.29 is 14.6 Å². The van der Waals surface area contributed by atoms with Crippen LogP contribution in [-0.4, -0.2) is 10.9 Å². The van der Waals surface area contributed by atoms with Gasteiger partial charge in [0.2, 0.25) is 0 Å². The van der Waals surface area contributed by atoms with Crippen LogP contribution < -0.4 is 4.74 Å². The first kappa shape index (κ1) is 16.2. The molecule has 0 radical (unpaired) electrons. The Morgan fingerprint density at radius 3 is 2.42 bits per heavy atom. The van der Waals surface area contributed by atoms with Gasteiger partial charge in [-0.05, 0) is 23.3 Å². The van der Waals surface area contributed by atoms with E-state index >= 15 is 0 Å². The second-order valence-electron chi connectivity index (χ2n) is 6.30. The molecule has 1 atom stereocenters. The van der Waals surface area contributed by atoms with Gasteiger partial charge in [0.1, 0.15) is 17.6 Å². The van der Waals surface area contributed by atoms with Crippen LogP contribution in [0.3, 0.4) is 0 Å². The third kappa shape index (κ3) is 3.24. The number of carbonyl (C=O) groups is 1. The minimum absolute atomic E-state index is 0.0360. The van der Waals surface area contributed by atoms with Crippen LogP contribution in [0.15, 0.2) is 78.9 Å². The molecule has 0 amide bonds. The highest BCUT2D eigenvalue weighted by molar-refractivity contribution is 6.08. The van der Waals surface area contributed by atoms with Gasteiger partial charge in [0, 0.05) is 23.6 Å². The van der Waals surface area contributed by atoms with Crippen LogP contribution in [0.2, 0.25) is 0 Å². The molecule has 26 heavy (non-hydrogen) atoms. The molecule has 3 nitrogen and oxygen atoms in total. The number of ketones is 1. The number of fused-ring (bicyclic) bond motifs is 1. The summed E-state index contributed by atoms with van der Waals surface area (Å²) in [5, 5.41) is 10.0. The van der Waals surface area contributed by atoms with Gasteiger partial charge in [-0.1, -0.05) is 66.7 Å². The Kier molecular flexibility index (Phi) is 4.28. The largest absolute Gasteiger partial charge is 0.508 e. The highest BCUT2D eigenvalue weighted by Gasteiger charge is 2.29. The van der Waals surface area contributed by atoms with Gasteiger partial charge in [0.15, 0.2) is 5.78 Å². The van der Waals surface area contributed by atoms with E-state index in [0.717, 1.165) is 16.7 Å². The molecule has 1 heterocycles. The molecule has 0 spiro atoms. The van der Waals surface area contributed by atoms with E-state index in [4.69, 9.17) is 4.74 Å². The molecule has 0 saturated heterocycles. The molecule has 0 saturated carbocycles. The van der Waals surface area contributed by atoms with Gasteiger partial charge in [-0.25, -0.2) is 0 Å². The third-order valence-electron chi connectivity index (χ3n) is 4.52. The zero-order chi connectivity index (χ0) is 17.9. The lowest BCUT2D eigenvalue weighted by Gasteiger charge is -2.10. The van der Waals surface area contributed by atoms with Gasteiger partial charge < -0.3 is 9.84 Å². The van der Waals surface area contributed by atoms with E-state index in [1.54, 1.807) is 18.2 Å². The van der Waals surface area contributed by atoms with E-state index < -0.39 is 0 Å². The topological polar surface area (TPSA) is 46.5 Å². The van der Waals surface area contributed by atoms with Crippen LogP contribution in [0.25, 0.3) is 6.08 Å². The average Bonchev–Trinajstić information content (AvgIpc) is 3.11. The first-order valence-electron chi connectivity index (χ1n) is 8.55. The first-order valence-corrected chi connectivity index (χ1v) is 8.55. The molecule has 1 unspecified atom stereocenters. The summed E-state index contributed by atoms with van der Waals surface area (Å²) in [6.45, 7) is 0. The molecule has 3 aromatic rings. The molecular formula is C23H18O3. The van der Waals surface area contributed by atoms with E-state index in [9.17, 15) is 9.90 Å². The Morgan fingerprint density at radius 1 is 1.00 bits per heavy atom. The standard InChI is InChI=1S/C23H18O3/c24-18-13-19(21(25)12-11-16-7-3-1-4-8-16)20-15-22(26-23(20)14-18)17-9-5-2-6-10-17/h1-14,22,24H,15H2/b12-11+. The smallest absolute Gasteiger partial charge is 0.186 e. The quantitative estimate of drug-likeness (QED) is 0.538. The number of hydrogen-bond donors (Lipinski definition) is 1. The van der Waals surface area contributed by atoms with Crippen molar-refractivity contribution >= 4 is 11.9 Å². The van der Waals surface area contributed by atoms with Crippen molar-refractivity contribution in [2.24, 2.45) is 0 Å². The van der Waals surface area contributed by atoms with Gasteiger partial charge in [-0.2, -0.15) is 0 Å². The van der Waals surface area contributed by atoms with Crippen molar-refractivity contribution in [3.05, 3.63) is 101 Å². The second kappa shape index (κ2) is 6.89. The van der Waals surface area contributed by atoms with Gasteiger partial charge >= 0.3 is 0 Å². The third-order valence-corrected chi connectivity index (χ3v) is 4.52. The SMILES string of the molecule is O=C(/C=C/c1ccccc1)c1cc(O)cc2c1CC(c1ccccc1)O2. The van der Waals surface area contributed by atoms with Crippen molar-refractivity contribution in [3.63, 3.8) is 0 Å². The molecule has 1 N–H and O–H groups in total. The van der Waals surface area contributed by atoms with Crippen molar-refractivity contribution in [1.29, 1.82) is 0 Å². The minimum atomic E-state index is -0.141. The van der Waals surface area contributed by atoms with Crippen molar-refractivity contribution in [2.75, 3.05) is 0 Å². The number of allylic oxidation sites excluding steroid dienone is 1. The van der Waals surface area contributed by atoms with E-state index in [1.807, 2.05) is 60.7 Å². The molecule has 4 rings (SSSR count). The number of carbonyl (C=O) groups excluding carboxylic acids is 1. The molecule has 0 aromatic heterocycles. The summed E-state index contributed by atoms with van der Waals surface area (Å²) < 4.78 is 5.99. The number of phenols is 1. The predicted octanol–water partition coefficient (Wildman–Crippen LogP) is 4.96. The molecule has 3 heteroatoms. The second-order valence-corrected chi connectivity index (χ2v) is 6.30.